The number of hydrogen-bond acceptors (Lipinski definition) is 5. The van der Waals surface area contributed by atoms with Crippen LogP contribution in [-0.2, 0) is 12.3 Å². The molecule has 1 aromatic heterocycles. The van der Waals surface area contributed by atoms with Crippen LogP contribution < -0.4 is 21.9 Å². The van der Waals surface area contributed by atoms with Gasteiger partial charge < -0.3 is 21.9 Å². The third kappa shape index (κ3) is 5.80. The second-order valence-corrected chi connectivity index (χ2v) is 5.76. The molecule has 0 aliphatic rings. The molecule has 0 saturated carbocycles. The Morgan fingerprint density at radius 3 is 2.67 bits per heavy atom. The van der Waals surface area contributed by atoms with Crippen LogP contribution in [0, 0.1) is 0 Å². The van der Waals surface area contributed by atoms with Crippen molar-refractivity contribution in [2.75, 3.05) is 13.7 Å². The maximum Gasteiger partial charge on any atom is 0.218 e. The molecule has 0 unspecified atom stereocenters. The van der Waals surface area contributed by atoms with Crippen molar-refractivity contribution < 1.29 is 4.74 Å². The molecule has 0 fully saturated rings. The van der Waals surface area contributed by atoms with Crippen molar-refractivity contribution >= 4 is 23.7 Å². The molecule has 10 heteroatoms. The highest BCUT2D eigenvalue weighted by Gasteiger charge is 2.02. The molecule has 0 aliphatic heterocycles. The number of methoxy groups -OCH3 is 1. The van der Waals surface area contributed by atoms with E-state index in [1.165, 1.54) is 0 Å². The van der Waals surface area contributed by atoms with Crippen LogP contribution in [0.25, 0.3) is 0 Å². The van der Waals surface area contributed by atoms with Crippen LogP contribution in [0.15, 0.2) is 45.3 Å². The number of rotatable bonds is 7. The molecular formula is C14H20N8OS. The third-order valence-corrected chi connectivity index (χ3v) is 3.92. The molecule has 2 aromatic rings. The van der Waals surface area contributed by atoms with Crippen molar-refractivity contribution in [3.05, 3.63) is 36.2 Å². The molecule has 0 aliphatic carbocycles. The van der Waals surface area contributed by atoms with Gasteiger partial charge in [-0.05, 0) is 24.3 Å². The van der Waals surface area contributed by atoms with Gasteiger partial charge >= 0.3 is 0 Å². The maximum absolute atomic E-state index is 5.52. The quantitative estimate of drug-likeness (QED) is 0.367. The van der Waals surface area contributed by atoms with Crippen molar-refractivity contribution in [3.8, 4) is 5.75 Å². The van der Waals surface area contributed by atoms with E-state index in [0.717, 1.165) is 22.1 Å². The summed E-state index contributed by atoms with van der Waals surface area (Å²) >= 11 is 1.68. The summed E-state index contributed by atoms with van der Waals surface area (Å²) in [6, 6.07) is 7.88. The number of benzene rings is 1. The molecule has 2 rings (SSSR count). The first kappa shape index (κ1) is 17.6. The summed E-state index contributed by atoms with van der Waals surface area (Å²) in [5.74, 6) is 1.50. The van der Waals surface area contributed by atoms with Crippen molar-refractivity contribution in [2.45, 2.75) is 17.2 Å². The third-order valence-electron chi connectivity index (χ3n) is 2.88. The molecule has 0 spiro atoms. The van der Waals surface area contributed by atoms with E-state index in [9.17, 15) is 0 Å². The van der Waals surface area contributed by atoms with E-state index in [2.05, 4.69) is 20.3 Å². The summed E-state index contributed by atoms with van der Waals surface area (Å²) in [6.45, 7) is 0.956. The molecule has 1 heterocycles. The van der Waals surface area contributed by atoms with E-state index >= 15 is 0 Å². The summed E-state index contributed by atoms with van der Waals surface area (Å²) in [6.07, 6.45) is 1.88. The van der Waals surface area contributed by atoms with E-state index < -0.39 is 0 Å². The predicted molar refractivity (Wildman–Crippen MR) is 94.9 cm³/mol. The highest BCUT2D eigenvalue weighted by atomic mass is 32.2. The number of ether oxygens (including phenoxy) is 1. The highest BCUT2D eigenvalue weighted by Crippen LogP contribution is 2.23. The predicted octanol–water partition coefficient (Wildman–Crippen LogP) is 0.167. The van der Waals surface area contributed by atoms with Gasteiger partial charge in [0.2, 0.25) is 5.96 Å². The van der Waals surface area contributed by atoms with Crippen LogP contribution in [0.3, 0.4) is 0 Å². The summed E-state index contributed by atoms with van der Waals surface area (Å²) in [5, 5.41) is 8.18. The summed E-state index contributed by atoms with van der Waals surface area (Å²) in [4.78, 5) is 8.79. The number of nitrogens with zero attached hydrogens (tertiary/aromatic N) is 5. The minimum Gasteiger partial charge on any atom is -0.497 e. The van der Waals surface area contributed by atoms with Crippen LogP contribution in [0.4, 0.5) is 0 Å². The first-order valence-electron chi connectivity index (χ1n) is 7.12. The molecule has 0 amide bonds. The van der Waals surface area contributed by atoms with Crippen LogP contribution in [0.2, 0.25) is 0 Å². The van der Waals surface area contributed by atoms with Gasteiger partial charge in [0.05, 0.1) is 25.9 Å². The van der Waals surface area contributed by atoms with E-state index in [1.54, 1.807) is 23.6 Å². The first-order chi connectivity index (χ1) is 11.6. The second-order valence-electron chi connectivity index (χ2n) is 4.71. The topological polar surface area (TPSA) is 143 Å². The van der Waals surface area contributed by atoms with Crippen molar-refractivity contribution in [3.63, 3.8) is 0 Å². The molecule has 1 aromatic carbocycles. The van der Waals surface area contributed by atoms with Gasteiger partial charge in [-0.2, -0.15) is 4.99 Å². The van der Waals surface area contributed by atoms with Gasteiger partial charge in [-0.25, -0.2) is 4.99 Å². The molecule has 9 nitrogen and oxygen atoms in total. The molecule has 128 valence electrons. The minimum absolute atomic E-state index is 0.0467. The Hall–Kier alpha value is -2.75. The van der Waals surface area contributed by atoms with Crippen molar-refractivity contribution in [2.24, 2.45) is 27.2 Å². The lowest BCUT2D eigenvalue weighted by Crippen LogP contribution is -2.26. The lowest BCUT2D eigenvalue weighted by molar-refractivity contribution is 0.414. The average Bonchev–Trinajstić information content (AvgIpc) is 3.00. The molecular weight excluding hydrogens is 328 g/mol. The number of hydrogen-bond donors (Lipinski definition) is 3. The molecule has 24 heavy (non-hydrogen) atoms. The van der Waals surface area contributed by atoms with Gasteiger partial charge in [-0.15, -0.1) is 16.9 Å². The molecule has 6 N–H and O–H groups in total. The second kappa shape index (κ2) is 8.77. The van der Waals surface area contributed by atoms with Crippen LogP contribution in [0.1, 0.15) is 5.69 Å². The van der Waals surface area contributed by atoms with Gasteiger partial charge in [-0.3, -0.25) is 4.68 Å². The zero-order chi connectivity index (χ0) is 17.4. The lowest BCUT2D eigenvalue weighted by atomic mass is 10.3. The Morgan fingerprint density at radius 1 is 1.25 bits per heavy atom. The maximum atomic E-state index is 5.52. The Labute approximate surface area is 144 Å². The van der Waals surface area contributed by atoms with Gasteiger partial charge in [0, 0.05) is 16.8 Å². The Kier molecular flexibility index (Phi) is 6.43. The van der Waals surface area contributed by atoms with Crippen molar-refractivity contribution in [1.29, 1.82) is 0 Å². The average molecular weight is 348 g/mol. The fraction of sp³-hybridized carbons (Fsp3) is 0.286. The number of aliphatic imine (C=N–C) groups is 2. The van der Waals surface area contributed by atoms with Crippen molar-refractivity contribution in [1.82, 2.24) is 15.0 Å². The number of guanidine groups is 2. The standard InChI is InChI=1S/C14H20N8OS/c1-23-11-2-4-12(5-3-11)24-9-10-8-22(21-20-10)7-6-18-14(17)19-13(15)16/h2-5,8H,6-7,9H2,1H3,(H6,15,16,17,18,19). The van der Waals surface area contributed by atoms with E-state index in [4.69, 9.17) is 21.9 Å². The largest absolute Gasteiger partial charge is 0.497 e. The van der Waals surface area contributed by atoms with Gasteiger partial charge in [0.15, 0.2) is 5.96 Å². The number of thioether (sulfide) groups is 1. The summed E-state index contributed by atoms with van der Waals surface area (Å²) in [7, 11) is 1.65. The van der Waals surface area contributed by atoms with E-state index in [0.29, 0.717) is 13.1 Å². The zero-order valence-electron chi connectivity index (χ0n) is 13.3. The Balaban J connectivity index is 1.81. The lowest BCUT2D eigenvalue weighted by Gasteiger charge is -2.01. The summed E-state index contributed by atoms with van der Waals surface area (Å²) in [5.41, 5.74) is 16.8. The van der Waals surface area contributed by atoms with Crippen LogP contribution >= 0.6 is 11.8 Å². The fourth-order valence-electron chi connectivity index (χ4n) is 1.78. The fourth-order valence-corrected chi connectivity index (χ4v) is 2.55. The Bertz CT molecular complexity index is 706. The number of aromatic nitrogens is 3. The SMILES string of the molecule is COc1ccc(SCc2cn(CCN=C(N)N=C(N)N)nn2)cc1. The van der Waals surface area contributed by atoms with E-state index in [-0.39, 0.29) is 11.9 Å². The van der Waals surface area contributed by atoms with Gasteiger partial charge in [0.25, 0.3) is 0 Å². The number of nitrogens with two attached hydrogens (primary N) is 3. The highest BCUT2D eigenvalue weighted by molar-refractivity contribution is 7.98. The van der Waals surface area contributed by atoms with Gasteiger partial charge in [0.1, 0.15) is 5.75 Å². The molecule has 0 atom stereocenters. The molecule has 0 saturated heterocycles. The zero-order valence-corrected chi connectivity index (χ0v) is 14.1. The van der Waals surface area contributed by atoms with Crippen LogP contribution in [0.5, 0.6) is 5.75 Å². The first-order valence-corrected chi connectivity index (χ1v) is 8.11. The van der Waals surface area contributed by atoms with E-state index in [1.807, 2.05) is 30.5 Å². The smallest absolute Gasteiger partial charge is 0.218 e. The monoisotopic (exact) mass is 348 g/mol. The van der Waals surface area contributed by atoms with Gasteiger partial charge in [-0.1, -0.05) is 5.21 Å². The molecule has 0 bridgehead atoms. The molecule has 0 radical (unpaired) electrons. The van der Waals surface area contributed by atoms with Crippen LogP contribution in [-0.4, -0.2) is 40.6 Å². The summed E-state index contributed by atoms with van der Waals surface area (Å²) < 4.78 is 6.84. The normalized spacial score (nSPS) is 11.3. The Morgan fingerprint density at radius 2 is 2.00 bits per heavy atom. The minimum atomic E-state index is -0.116.